The zero-order valence-electron chi connectivity index (χ0n) is 29.8. The van der Waals surface area contributed by atoms with Crippen molar-refractivity contribution in [3.8, 4) is 22.6 Å². The fraction of sp³-hybridized carbons (Fsp3) is 0.350. The molecule has 0 aliphatic rings. The minimum atomic E-state index is -0.351. The van der Waals surface area contributed by atoms with Crippen LogP contribution in [0.4, 0.5) is 16.2 Å². The van der Waals surface area contributed by atoms with Gasteiger partial charge in [-0.05, 0) is 96.8 Å². The summed E-state index contributed by atoms with van der Waals surface area (Å²) >= 11 is 0. The average Bonchev–Trinajstić information content (AvgIpc) is 3.08. The summed E-state index contributed by atoms with van der Waals surface area (Å²) in [5.74, 6) is 1.77. The minimum Gasteiger partial charge on any atom is -0.496 e. The van der Waals surface area contributed by atoms with Crippen LogP contribution in [0.25, 0.3) is 22.2 Å². The predicted molar refractivity (Wildman–Crippen MR) is 198 cm³/mol. The highest BCUT2D eigenvalue weighted by molar-refractivity contribution is 6.03. The number of carbonyl (C=O) groups excluding carboxylic acids is 1. The molecule has 0 radical (unpaired) electrons. The van der Waals surface area contributed by atoms with Crippen molar-refractivity contribution in [3.63, 3.8) is 0 Å². The minimum absolute atomic E-state index is 0.108. The number of methoxy groups -OCH3 is 1. The van der Waals surface area contributed by atoms with E-state index in [1.807, 2.05) is 50.4 Å². The van der Waals surface area contributed by atoms with Crippen LogP contribution in [0, 0.1) is 13.8 Å². The lowest BCUT2D eigenvalue weighted by Gasteiger charge is -2.27. The third-order valence-electron chi connectivity index (χ3n) is 8.83. The first-order valence-electron chi connectivity index (χ1n) is 17.0. The lowest BCUT2D eigenvalue weighted by atomic mass is 9.88. The summed E-state index contributed by atoms with van der Waals surface area (Å²) in [5, 5.41) is 4.01. The van der Waals surface area contributed by atoms with Gasteiger partial charge >= 0.3 is 6.03 Å². The van der Waals surface area contributed by atoms with E-state index in [-0.39, 0.29) is 23.4 Å². The van der Waals surface area contributed by atoms with E-state index in [4.69, 9.17) is 9.47 Å². The third-order valence-corrected chi connectivity index (χ3v) is 8.83. The van der Waals surface area contributed by atoms with Gasteiger partial charge in [0.25, 0.3) is 5.56 Å². The third kappa shape index (κ3) is 7.77. The topological polar surface area (TPSA) is 109 Å². The molecule has 5 rings (SSSR count). The van der Waals surface area contributed by atoms with Gasteiger partial charge in [-0.1, -0.05) is 53.2 Å². The van der Waals surface area contributed by atoms with Gasteiger partial charge in [-0.25, -0.2) is 9.78 Å². The molecule has 3 heterocycles. The Labute approximate surface area is 288 Å². The van der Waals surface area contributed by atoms with E-state index < -0.39 is 0 Å². The molecule has 0 saturated carbocycles. The van der Waals surface area contributed by atoms with Gasteiger partial charge in [-0.3, -0.25) is 14.7 Å². The van der Waals surface area contributed by atoms with E-state index in [1.54, 1.807) is 24.3 Å². The summed E-state index contributed by atoms with van der Waals surface area (Å²) in [6, 6.07) is 17.4. The van der Waals surface area contributed by atoms with Gasteiger partial charge in [-0.15, -0.1) is 0 Å². The Morgan fingerprint density at radius 3 is 2.37 bits per heavy atom. The van der Waals surface area contributed by atoms with Crippen molar-refractivity contribution in [1.82, 2.24) is 15.0 Å². The Hall–Kier alpha value is -5.18. The molecule has 2 aromatic carbocycles. The van der Waals surface area contributed by atoms with Gasteiger partial charge < -0.3 is 19.8 Å². The molecule has 0 aliphatic heterocycles. The van der Waals surface area contributed by atoms with E-state index in [1.165, 1.54) is 0 Å². The zero-order valence-corrected chi connectivity index (χ0v) is 29.8. The lowest BCUT2D eigenvalue weighted by Crippen LogP contribution is -2.39. The van der Waals surface area contributed by atoms with Gasteiger partial charge in [0.1, 0.15) is 29.4 Å². The maximum Gasteiger partial charge on any atom is 0.326 e. The Bertz CT molecular complexity index is 1990. The SMILES string of the molecule is CCCCN(C(=O)Nc1c(C(C)C)cc(-c2cccc(OCc3ncc(C)c(OC)c3C)c2)cc1C(C)C)c1cc2cccnc2[nH]c1=O. The number of benzene rings is 2. The number of amides is 2. The second-order valence-corrected chi connectivity index (χ2v) is 13.1. The molecule has 9 nitrogen and oxygen atoms in total. The van der Waals surface area contributed by atoms with E-state index in [0.29, 0.717) is 24.5 Å². The zero-order chi connectivity index (χ0) is 35.2. The summed E-state index contributed by atoms with van der Waals surface area (Å²) in [6.45, 7) is 15.3. The molecule has 0 fully saturated rings. The number of pyridine rings is 3. The number of fused-ring (bicyclic) bond motifs is 1. The standard InChI is InChI=1S/C40H47N5O4/c1-9-10-17-45(35-21-29-14-12-16-41-38(29)44-39(35)46)40(47)43-36-32(24(2)3)19-30(20-33(36)25(4)5)28-13-11-15-31(18-28)49-23-34-27(7)37(48-8)26(6)22-42-34/h11-16,18-22,24-25H,9-10,17,23H2,1-8H3,(H,43,47)(H,41,44,46). The number of ether oxygens (including phenoxy) is 2. The first-order valence-corrected chi connectivity index (χ1v) is 17.0. The van der Waals surface area contributed by atoms with Crippen LogP contribution in [0.2, 0.25) is 0 Å². The van der Waals surface area contributed by atoms with Crippen LogP contribution in [0.3, 0.4) is 0 Å². The maximum absolute atomic E-state index is 14.1. The second-order valence-electron chi connectivity index (χ2n) is 13.1. The second kappa shape index (κ2) is 15.4. The number of rotatable bonds is 12. The summed E-state index contributed by atoms with van der Waals surface area (Å²) in [5.41, 5.74) is 8.06. The van der Waals surface area contributed by atoms with Crippen molar-refractivity contribution in [3.05, 3.63) is 105 Å². The molecular formula is C40H47N5O4. The molecule has 2 N–H and O–H groups in total. The average molecular weight is 662 g/mol. The molecule has 0 aliphatic carbocycles. The number of aryl methyl sites for hydroxylation is 1. The molecule has 9 heteroatoms. The van der Waals surface area contributed by atoms with Crippen molar-refractivity contribution in [1.29, 1.82) is 0 Å². The summed E-state index contributed by atoms with van der Waals surface area (Å²) < 4.78 is 11.8. The number of hydrogen-bond acceptors (Lipinski definition) is 6. The van der Waals surface area contributed by atoms with E-state index in [9.17, 15) is 9.59 Å². The molecule has 0 saturated heterocycles. The van der Waals surface area contributed by atoms with Crippen LogP contribution in [-0.4, -0.2) is 34.6 Å². The van der Waals surface area contributed by atoms with Gasteiger partial charge in [0.05, 0.1) is 12.8 Å². The van der Waals surface area contributed by atoms with Gasteiger partial charge in [-0.2, -0.15) is 0 Å². The molecule has 3 aromatic heterocycles. The molecule has 0 spiro atoms. The number of hydrogen-bond donors (Lipinski definition) is 2. The normalized spacial score (nSPS) is 11.3. The smallest absolute Gasteiger partial charge is 0.326 e. The number of unbranched alkanes of at least 4 members (excludes halogenated alkanes) is 1. The fourth-order valence-corrected chi connectivity index (χ4v) is 6.09. The van der Waals surface area contributed by atoms with Crippen LogP contribution in [0.5, 0.6) is 11.5 Å². The number of aromatic amines is 1. The lowest BCUT2D eigenvalue weighted by molar-refractivity contribution is 0.256. The number of nitrogens with zero attached hydrogens (tertiary/aromatic N) is 3. The molecule has 0 unspecified atom stereocenters. The van der Waals surface area contributed by atoms with Crippen molar-refractivity contribution in [2.24, 2.45) is 0 Å². The van der Waals surface area contributed by atoms with Gasteiger partial charge in [0.2, 0.25) is 0 Å². The summed E-state index contributed by atoms with van der Waals surface area (Å²) in [7, 11) is 1.67. The van der Waals surface area contributed by atoms with Crippen molar-refractivity contribution < 1.29 is 14.3 Å². The van der Waals surface area contributed by atoms with E-state index in [2.05, 4.69) is 73.1 Å². The Kier molecular flexibility index (Phi) is 11.0. The number of nitrogens with one attached hydrogen (secondary N) is 2. The van der Waals surface area contributed by atoms with Crippen LogP contribution >= 0.6 is 0 Å². The monoisotopic (exact) mass is 661 g/mol. The highest BCUT2D eigenvalue weighted by atomic mass is 16.5. The van der Waals surface area contributed by atoms with Gasteiger partial charge in [0, 0.05) is 41.1 Å². The molecule has 2 amide bonds. The molecule has 256 valence electrons. The van der Waals surface area contributed by atoms with Crippen molar-refractivity contribution in [2.45, 2.75) is 79.8 Å². The number of aromatic nitrogens is 3. The first-order chi connectivity index (χ1) is 23.5. The Balaban J connectivity index is 1.48. The number of H-pyrrole nitrogens is 1. The summed E-state index contributed by atoms with van der Waals surface area (Å²) in [6.07, 6.45) is 5.06. The number of anilines is 2. The van der Waals surface area contributed by atoms with E-state index >= 15 is 0 Å². The van der Waals surface area contributed by atoms with E-state index in [0.717, 1.165) is 74.5 Å². The Morgan fingerprint density at radius 1 is 0.959 bits per heavy atom. The predicted octanol–water partition coefficient (Wildman–Crippen LogP) is 9.27. The molecule has 49 heavy (non-hydrogen) atoms. The first kappa shape index (κ1) is 35.1. The maximum atomic E-state index is 14.1. The van der Waals surface area contributed by atoms with Crippen LogP contribution in [-0.2, 0) is 6.61 Å². The Morgan fingerprint density at radius 2 is 1.69 bits per heavy atom. The quantitative estimate of drug-likeness (QED) is 0.138. The van der Waals surface area contributed by atoms with Crippen molar-refractivity contribution in [2.75, 3.05) is 23.9 Å². The number of urea groups is 1. The van der Waals surface area contributed by atoms with Crippen molar-refractivity contribution >= 4 is 28.4 Å². The van der Waals surface area contributed by atoms with Crippen LogP contribution < -0.4 is 25.2 Å². The highest BCUT2D eigenvalue weighted by Gasteiger charge is 2.24. The largest absolute Gasteiger partial charge is 0.496 e. The van der Waals surface area contributed by atoms with Gasteiger partial charge in [0.15, 0.2) is 0 Å². The summed E-state index contributed by atoms with van der Waals surface area (Å²) in [4.78, 5) is 40.6. The molecule has 5 aromatic rings. The molecule has 0 atom stereocenters. The molecule has 0 bridgehead atoms. The highest BCUT2D eigenvalue weighted by Crippen LogP contribution is 2.38. The fourth-order valence-electron chi connectivity index (χ4n) is 6.09. The molecular weight excluding hydrogens is 614 g/mol. The number of carbonyl (C=O) groups is 1. The van der Waals surface area contributed by atoms with Crippen LogP contribution in [0.15, 0.2) is 71.8 Å². The van der Waals surface area contributed by atoms with Crippen LogP contribution in [0.1, 0.15) is 87.2 Å².